The van der Waals surface area contributed by atoms with Crippen LogP contribution in [0, 0.1) is 5.82 Å². The van der Waals surface area contributed by atoms with Crippen molar-refractivity contribution < 1.29 is 18.7 Å². The second kappa shape index (κ2) is 7.33. The third-order valence-corrected chi connectivity index (χ3v) is 2.83. The summed E-state index contributed by atoms with van der Waals surface area (Å²) in [6.07, 6.45) is -0.708. The van der Waals surface area contributed by atoms with Crippen LogP contribution in [0.1, 0.15) is 6.92 Å². The quantitative estimate of drug-likeness (QED) is 0.817. The number of carbonyl (C=O) groups is 1. The van der Waals surface area contributed by atoms with Crippen LogP contribution >= 0.6 is 15.9 Å². The van der Waals surface area contributed by atoms with E-state index in [1.807, 2.05) is 0 Å². The van der Waals surface area contributed by atoms with Crippen LogP contribution in [-0.2, 0) is 9.53 Å². The minimum atomic E-state index is -0.708. The Hall–Kier alpha value is -1.14. The smallest absolute Gasteiger partial charge is 0.260 e. The van der Waals surface area contributed by atoms with E-state index in [4.69, 9.17) is 9.47 Å². The molecular formula is C12H15BrFNO3. The number of hydrogen-bond acceptors (Lipinski definition) is 3. The Labute approximate surface area is 114 Å². The molecule has 0 saturated heterocycles. The van der Waals surface area contributed by atoms with Crippen LogP contribution in [0.15, 0.2) is 22.7 Å². The SMILES string of the molecule is COCCNC(=O)C(C)Oc1cc(F)ccc1Br. The molecule has 18 heavy (non-hydrogen) atoms. The second-order valence-corrected chi connectivity index (χ2v) is 4.47. The van der Waals surface area contributed by atoms with Gasteiger partial charge in [-0.2, -0.15) is 0 Å². The van der Waals surface area contributed by atoms with Gasteiger partial charge in [0.15, 0.2) is 6.10 Å². The fourth-order valence-electron chi connectivity index (χ4n) is 1.23. The highest BCUT2D eigenvalue weighted by Crippen LogP contribution is 2.26. The summed E-state index contributed by atoms with van der Waals surface area (Å²) >= 11 is 3.23. The molecule has 0 aliphatic heterocycles. The lowest BCUT2D eigenvalue weighted by atomic mass is 10.3. The number of ether oxygens (including phenoxy) is 2. The van der Waals surface area contributed by atoms with E-state index in [0.717, 1.165) is 0 Å². The summed E-state index contributed by atoms with van der Waals surface area (Å²) < 4.78 is 23.8. The molecule has 6 heteroatoms. The molecule has 0 heterocycles. The van der Waals surface area contributed by atoms with Gasteiger partial charge in [-0.25, -0.2) is 4.39 Å². The lowest BCUT2D eigenvalue weighted by molar-refractivity contribution is -0.127. The van der Waals surface area contributed by atoms with Gasteiger partial charge in [-0.15, -0.1) is 0 Å². The van der Waals surface area contributed by atoms with E-state index in [9.17, 15) is 9.18 Å². The first-order valence-electron chi connectivity index (χ1n) is 5.43. The lowest BCUT2D eigenvalue weighted by Gasteiger charge is -2.15. The summed E-state index contributed by atoms with van der Waals surface area (Å²) in [7, 11) is 1.55. The Morgan fingerprint density at radius 2 is 2.28 bits per heavy atom. The number of carbonyl (C=O) groups excluding carboxylic acids is 1. The summed E-state index contributed by atoms with van der Waals surface area (Å²) in [5.74, 6) is -0.396. The minimum Gasteiger partial charge on any atom is -0.480 e. The number of hydrogen-bond donors (Lipinski definition) is 1. The van der Waals surface area contributed by atoms with E-state index in [2.05, 4.69) is 21.2 Å². The first kappa shape index (κ1) is 14.9. The van der Waals surface area contributed by atoms with Gasteiger partial charge < -0.3 is 14.8 Å². The second-order valence-electron chi connectivity index (χ2n) is 3.62. The van der Waals surface area contributed by atoms with E-state index in [0.29, 0.717) is 23.4 Å². The van der Waals surface area contributed by atoms with Crippen LogP contribution in [0.3, 0.4) is 0 Å². The average molecular weight is 320 g/mol. The highest BCUT2D eigenvalue weighted by molar-refractivity contribution is 9.10. The molecule has 4 nitrogen and oxygen atoms in total. The van der Waals surface area contributed by atoms with Gasteiger partial charge in [0.1, 0.15) is 11.6 Å². The Kier molecular flexibility index (Phi) is 6.07. The summed E-state index contributed by atoms with van der Waals surface area (Å²) in [5.41, 5.74) is 0. The molecule has 0 aliphatic rings. The van der Waals surface area contributed by atoms with Gasteiger partial charge in [0.2, 0.25) is 0 Å². The third kappa shape index (κ3) is 4.62. The topological polar surface area (TPSA) is 47.6 Å². The highest BCUT2D eigenvalue weighted by Gasteiger charge is 2.15. The van der Waals surface area contributed by atoms with Crippen molar-refractivity contribution in [1.29, 1.82) is 0 Å². The fourth-order valence-corrected chi connectivity index (χ4v) is 1.57. The van der Waals surface area contributed by atoms with Gasteiger partial charge in [0, 0.05) is 19.7 Å². The maximum absolute atomic E-state index is 13.0. The summed E-state index contributed by atoms with van der Waals surface area (Å²) in [4.78, 5) is 11.6. The van der Waals surface area contributed by atoms with Crippen LogP contribution in [-0.4, -0.2) is 32.3 Å². The zero-order chi connectivity index (χ0) is 13.5. The highest BCUT2D eigenvalue weighted by atomic mass is 79.9. The van der Waals surface area contributed by atoms with Crippen molar-refractivity contribution in [2.45, 2.75) is 13.0 Å². The average Bonchev–Trinajstić information content (AvgIpc) is 2.34. The van der Waals surface area contributed by atoms with Crippen molar-refractivity contribution in [2.75, 3.05) is 20.3 Å². The lowest BCUT2D eigenvalue weighted by Crippen LogP contribution is -2.38. The van der Waals surface area contributed by atoms with Crippen LogP contribution in [0.5, 0.6) is 5.75 Å². The van der Waals surface area contributed by atoms with Crippen LogP contribution in [0.25, 0.3) is 0 Å². The molecule has 1 aromatic carbocycles. The largest absolute Gasteiger partial charge is 0.480 e. The molecule has 0 spiro atoms. The van der Waals surface area contributed by atoms with E-state index in [1.54, 1.807) is 14.0 Å². The molecule has 0 aliphatic carbocycles. The maximum atomic E-state index is 13.0. The predicted octanol–water partition coefficient (Wildman–Crippen LogP) is 2.12. The molecule has 0 fully saturated rings. The van der Waals surface area contributed by atoms with Crippen molar-refractivity contribution in [3.05, 3.63) is 28.5 Å². The molecule has 1 atom stereocenters. The van der Waals surface area contributed by atoms with Gasteiger partial charge >= 0.3 is 0 Å². The van der Waals surface area contributed by atoms with Crippen LogP contribution < -0.4 is 10.1 Å². The number of rotatable bonds is 6. The van der Waals surface area contributed by atoms with Crippen molar-refractivity contribution in [3.8, 4) is 5.75 Å². The standard InChI is InChI=1S/C12H15BrFNO3/c1-8(12(16)15-5-6-17-2)18-11-7-9(14)3-4-10(11)13/h3-4,7-8H,5-6H2,1-2H3,(H,15,16). The number of methoxy groups -OCH3 is 1. The monoisotopic (exact) mass is 319 g/mol. The third-order valence-electron chi connectivity index (χ3n) is 2.17. The van der Waals surface area contributed by atoms with Gasteiger partial charge in [-0.3, -0.25) is 4.79 Å². The molecule has 1 aromatic rings. The summed E-state index contributed by atoms with van der Waals surface area (Å²) in [6.45, 7) is 2.44. The summed E-state index contributed by atoms with van der Waals surface area (Å²) in [6, 6.07) is 4.06. The first-order valence-corrected chi connectivity index (χ1v) is 6.22. The van der Waals surface area contributed by atoms with Gasteiger partial charge in [-0.05, 0) is 35.0 Å². The zero-order valence-corrected chi connectivity index (χ0v) is 11.8. The molecule has 100 valence electrons. The van der Waals surface area contributed by atoms with Crippen molar-refractivity contribution >= 4 is 21.8 Å². The molecule has 1 amide bonds. The molecule has 0 aromatic heterocycles. The Morgan fingerprint density at radius 1 is 1.56 bits per heavy atom. The molecule has 1 unspecified atom stereocenters. The van der Waals surface area contributed by atoms with E-state index < -0.39 is 11.9 Å². The summed E-state index contributed by atoms with van der Waals surface area (Å²) in [5, 5.41) is 2.64. The van der Waals surface area contributed by atoms with Gasteiger partial charge in [0.25, 0.3) is 5.91 Å². The molecule has 0 radical (unpaired) electrons. The molecule has 0 saturated carbocycles. The van der Waals surface area contributed by atoms with Crippen LogP contribution in [0.4, 0.5) is 4.39 Å². The van der Waals surface area contributed by atoms with Gasteiger partial charge in [-0.1, -0.05) is 0 Å². The Balaban J connectivity index is 2.55. The number of amides is 1. The normalized spacial score (nSPS) is 12.0. The Bertz CT molecular complexity index is 414. The van der Waals surface area contributed by atoms with E-state index in [1.165, 1.54) is 18.2 Å². The van der Waals surface area contributed by atoms with E-state index in [-0.39, 0.29) is 5.91 Å². The van der Waals surface area contributed by atoms with E-state index >= 15 is 0 Å². The molecule has 0 bridgehead atoms. The fraction of sp³-hybridized carbons (Fsp3) is 0.417. The van der Waals surface area contributed by atoms with Crippen molar-refractivity contribution in [2.24, 2.45) is 0 Å². The van der Waals surface area contributed by atoms with Crippen LogP contribution in [0.2, 0.25) is 0 Å². The maximum Gasteiger partial charge on any atom is 0.260 e. The van der Waals surface area contributed by atoms with Gasteiger partial charge in [0.05, 0.1) is 11.1 Å². The van der Waals surface area contributed by atoms with Crippen molar-refractivity contribution in [1.82, 2.24) is 5.32 Å². The van der Waals surface area contributed by atoms with Crippen molar-refractivity contribution in [3.63, 3.8) is 0 Å². The first-order chi connectivity index (χ1) is 8.54. The number of nitrogens with one attached hydrogen (secondary N) is 1. The molecule has 1 N–H and O–H groups in total. The minimum absolute atomic E-state index is 0.275. The number of halogens is 2. The Morgan fingerprint density at radius 3 is 2.94 bits per heavy atom. The predicted molar refractivity (Wildman–Crippen MR) is 69.1 cm³/mol. The number of benzene rings is 1. The molecular weight excluding hydrogens is 305 g/mol. The zero-order valence-electron chi connectivity index (χ0n) is 10.2. The molecule has 1 rings (SSSR count).